The van der Waals surface area contributed by atoms with E-state index < -0.39 is 0 Å². The number of fused-ring (bicyclic) bond motifs is 2. The highest BCUT2D eigenvalue weighted by Crippen LogP contribution is 2.39. The van der Waals surface area contributed by atoms with Crippen molar-refractivity contribution in [1.29, 1.82) is 5.26 Å². The van der Waals surface area contributed by atoms with E-state index in [4.69, 9.17) is 14.5 Å². The van der Waals surface area contributed by atoms with Gasteiger partial charge < -0.3 is 19.5 Å². The molecule has 1 aliphatic rings. The first-order valence-electron chi connectivity index (χ1n) is 8.05. The van der Waals surface area contributed by atoms with E-state index in [0.717, 1.165) is 21.3 Å². The molecule has 0 unspecified atom stereocenters. The average molecular weight is 368 g/mol. The maximum Gasteiger partial charge on any atom is 0.231 e. The van der Waals surface area contributed by atoms with Gasteiger partial charge in [-0.15, -0.1) is 11.3 Å². The normalized spacial score (nSPS) is 12.4. The molecule has 1 N–H and O–H groups in total. The van der Waals surface area contributed by atoms with Crippen LogP contribution < -0.4 is 14.4 Å². The van der Waals surface area contributed by atoms with E-state index >= 15 is 0 Å². The molecule has 1 aliphatic heterocycles. The van der Waals surface area contributed by atoms with Crippen LogP contribution in [-0.4, -0.2) is 42.1 Å². The molecule has 3 heterocycles. The second-order valence-corrected chi connectivity index (χ2v) is 6.93. The van der Waals surface area contributed by atoms with Crippen molar-refractivity contribution in [3.63, 3.8) is 0 Å². The first kappa shape index (κ1) is 16.6. The molecule has 1 aromatic carbocycles. The van der Waals surface area contributed by atoms with Gasteiger partial charge in [-0.25, -0.2) is 9.97 Å². The molecular formula is C18H16N4O3S. The van der Waals surface area contributed by atoms with Crippen molar-refractivity contribution in [2.45, 2.75) is 6.92 Å². The highest BCUT2D eigenvalue weighted by Gasteiger charge is 2.21. The first-order valence-corrected chi connectivity index (χ1v) is 8.87. The number of rotatable bonds is 4. The molecule has 0 saturated carbocycles. The van der Waals surface area contributed by atoms with Gasteiger partial charge in [0.25, 0.3) is 0 Å². The fraction of sp³-hybridized carbons (Fsp3) is 0.278. The predicted octanol–water partition coefficient (Wildman–Crippen LogP) is 2.70. The summed E-state index contributed by atoms with van der Waals surface area (Å²) < 4.78 is 10.8. The van der Waals surface area contributed by atoms with E-state index in [9.17, 15) is 10.4 Å². The number of hydrogen-bond acceptors (Lipinski definition) is 8. The van der Waals surface area contributed by atoms with Crippen molar-refractivity contribution >= 4 is 27.4 Å². The van der Waals surface area contributed by atoms with Gasteiger partial charge in [0.2, 0.25) is 6.79 Å². The number of aromatic nitrogens is 2. The molecule has 0 fully saturated rings. The van der Waals surface area contributed by atoms with E-state index in [1.54, 1.807) is 0 Å². The van der Waals surface area contributed by atoms with Crippen LogP contribution in [0.25, 0.3) is 21.6 Å². The zero-order valence-electron chi connectivity index (χ0n) is 14.3. The van der Waals surface area contributed by atoms with Gasteiger partial charge in [-0.2, -0.15) is 5.26 Å². The first-order chi connectivity index (χ1) is 12.6. The third-order valence-corrected chi connectivity index (χ3v) is 5.39. The Bertz CT molecular complexity index is 1040. The second kappa shape index (κ2) is 6.44. The Kier molecular flexibility index (Phi) is 4.11. The molecule has 0 bridgehead atoms. The predicted molar refractivity (Wildman–Crippen MR) is 98.8 cm³/mol. The number of likely N-dealkylation sites (N-methyl/N-ethyl adjacent to an activating group) is 1. The fourth-order valence-electron chi connectivity index (χ4n) is 2.92. The Morgan fingerprint density at radius 2 is 2.12 bits per heavy atom. The highest BCUT2D eigenvalue weighted by atomic mass is 32.1. The molecule has 0 aliphatic carbocycles. The lowest BCUT2D eigenvalue weighted by Crippen LogP contribution is -2.23. The van der Waals surface area contributed by atoms with Gasteiger partial charge in [-0.05, 0) is 30.7 Å². The van der Waals surface area contributed by atoms with Gasteiger partial charge >= 0.3 is 0 Å². The molecule has 4 rings (SSSR count). The minimum Gasteiger partial charge on any atom is -0.454 e. The number of benzene rings is 1. The Balaban J connectivity index is 1.92. The lowest BCUT2D eigenvalue weighted by atomic mass is 10.1. The third kappa shape index (κ3) is 2.62. The molecule has 2 aromatic heterocycles. The van der Waals surface area contributed by atoms with Gasteiger partial charge in [0.1, 0.15) is 21.6 Å². The monoisotopic (exact) mass is 368 g/mol. The number of aliphatic hydroxyl groups is 1. The summed E-state index contributed by atoms with van der Waals surface area (Å²) >= 11 is 1.35. The quantitative estimate of drug-likeness (QED) is 0.757. The van der Waals surface area contributed by atoms with Gasteiger partial charge in [0, 0.05) is 19.2 Å². The lowest BCUT2D eigenvalue weighted by molar-refractivity contribution is 0.174. The maximum absolute atomic E-state index is 9.37. The zero-order chi connectivity index (χ0) is 18.3. The SMILES string of the molecule is Cc1c(C#N)sc2nc(-c3ccc4c(c3)OCO4)nc(N(C)CCO)c12. The van der Waals surface area contributed by atoms with E-state index in [2.05, 4.69) is 11.1 Å². The van der Waals surface area contributed by atoms with E-state index in [1.165, 1.54) is 11.3 Å². The molecule has 7 nitrogen and oxygen atoms in total. The largest absolute Gasteiger partial charge is 0.454 e. The summed E-state index contributed by atoms with van der Waals surface area (Å²) in [6.07, 6.45) is 0. The Labute approximate surface area is 154 Å². The Morgan fingerprint density at radius 3 is 2.88 bits per heavy atom. The maximum atomic E-state index is 9.37. The number of nitriles is 1. The summed E-state index contributed by atoms with van der Waals surface area (Å²) in [5.41, 5.74) is 1.67. The summed E-state index contributed by atoms with van der Waals surface area (Å²) in [5, 5.41) is 19.5. The summed E-state index contributed by atoms with van der Waals surface area (Å²) in [4.78, 5) is 12.7. The van der Waals surface area contributed by atoms with Crippen LogP contribution in [0.4, 0.5) is 5.82 Å². The van der Waals surface area contributed by atoms with Crippen molar-refractivity contribution in [3.05, 3.63) is 28.6 Å². The molecule has 0 saturated heterocycles. The molecule has 132 valence electrons. The van der Waals surface area contributed by atoms with Crippen molar-refractivity contribution in [1.82, 2.24) is 9.97 Å². The summed E-state index contributed by atoms with van der Waals surface area (Å²) in [6, 6.07) is 7.80. The number of nitrogens with zero attached hydrogens (tertiary/aromatic N) is 4. The van der Waals surface area contributed by atoms with Crippen molar-refractivity contribution in [2.24, 2.45) is 0 Å². The average Bonchev–Trinajstić information content (AvgIpc) is 3.24. The van der Waals surface area contributed by atoms with Crippen LogP contribution in [0.1, 0.15) is 10.4 Å². The van der Waals surface area contributed by atoms with Crippen LogP contribution in [0.2, 0.25) is 0 Å². The van der Waals surface area contributed by atoms with Crippen molar-refractivity contribution in [2.75, 3.05) is 31.9 Å². The smallest absolute Gasteiger partial charge is 0.231 e. The van der Waals surface area contributed by atoms with E-state index in [1.807, 2.05) is 37.1 Å². The van der Waals surface area contributed by atoms with Crippen LogP contribution in [-0.2, 0) is 0 Å². The Morgan fingerprint density at radius 1 is 1.31 bits per heavy atom. The Hall–Kier alpha value is -2.89. The van der Waals surface area contributed by atoms with Crippen LogP contribution in [0.15, 0.2) is 18.2 Å². The molecule has 3 aromatic rings. The summed E-state index contributed by atoms with van der Waals surface area (Å²) in [7, 11) is 1.87. The molecule has 26 heavy (non-hydrogen) atoms. The number of ether oxygens (including phenoxy) is 2. The van der Waals surface area contributed by atoms with Crippen LogP contribution in [0.5, 0.6) is 11.5 Å². The molecule has 0 radical (unpaired) electrons. The van der Waals surface area contributed by atoms with Gasteiger partial charge in [0.05, 0.1) is 12.0 Å². The third-order valence-electron chi connectivity index (χ3n) is 4.30. The molecular weight excluding hydrogens is 352 g/mol. The zero-order valence-corrected chi connectivity index (χ0v) is 15.1. The molecule has 0 spiro atoms. The van der Waals surface area contributed by atoms with E-state index in [-0.39, 0.29) is 13.4 Å². The number of hydrogen-bond donors (Lipinski definition) is 1. The minimum absolute atomic E-state index is 0.00957. The minimum atomic E-state index is 0.00957. The van der Waals surface area contributed by atoms with E-state index in [0.29, 0.717) is 34.6 Å². The topological polar surface area (TPSA) is 91.5 Å². The summed E-state index contributed by atoms with van der Waals surface area (Å²) in [6.45, 7) is 2.55. The van der Waals surface area contributed by atoms with Crippen LogP contribution in [0, 0.1) is 18.3 Å². The van der Waals surface area contributed by atoms with Crippen molar-refractivity contribution in [3.8, 4) is 29.0 Å². The number of anilines is 1. The number of aliphatic hydroxyl groups excluding tert-OH is 1. The molecule has 0 atom stereocenters. The second-order valence-electron chi connectivity index (χ2n) is 5.93. The fourth-order valence-corrected chi connectivity index (χ4v) is 3.89. The highest BCUT2D eigenvalue weighted by molar-refractivity contribution is 7.19. The standard InChI is InChI=1S/C18H16N4O3S/c1-10-14(8-19)26-18-15(10)17(22(2)5-6-23)20-16(21-18)11-3-4-12-13(7-11)25-9-24-12/h3-4,7,23H,5-6,9H2,1-2H3. The van der Waals surface area contributed by atoms with Gasteiger partial charge in [-0.3, -0.25) is 0 Å². The number of aryl methyl sites for hydroxylation is 1. The van der Waals surface area contributed by atoms with Crippen molar-refractivity contribution < 1.29 is 14.6 Å². The summed E-state index contributed by atoms with van der Waals surface area (Å²) in [5.74, 6) is 2.61. The number of thiophene rings is 1. The van der Waals surface area contributed by atoms with Crippen LogP contribution >= 0.6 is 11.3 Å². The van der Waals surface area contributed by atoms with Gasteiger partial charge in [-0.1, -0.05) is 0 Å². The molecule has 8 heteroatoms. The van der Waals surface area contributed by atoms with Gasteiger partial charge in [0.15, 0.2) is 17.3 Å². The van der Waals surface area contributed by atoms with Crippen LogP contribution in [0.3, 0.4) is 0 Å². The lowest BCUT2D eigenvalue weighted by Gasteiger charge is -2.19. The molecule has 0 amide bonds.